The molecule has 0 saturated carbocycles. The third-order valence-corrected chi connectivity index (χ3v) is 13.1. The maximum atomic E-state index is 13.4. The summed E-state index contributed by atoms with van der Waals surface area (Å²) in [5.41, 5.74) is 14.2. The van der Waals surface area contributed by atoms with E-state index >= 15 is 0 Å². The largest absolute Gasteiger partial charge is 3.00 e. The van der Waals surface area contributed by atoms with Gasteiger partial charge in [0.25, 0.3) is 0 Å². The van der Waals surface area contributed by atoms with Gasteiger partial charge in [-0.3, -0.25) is 14.8 Å². The number of para-hydroxylation sites is 2. The molecule has 12 rings (SSSR count). The fourth-order valence-corrected chi connectivity index (χ4v) is 9.88. The Bertz CT molecular complexity index is 3730. The third-order valence-electron chi connectivity index (χ3n) is 13.1. The second kappa shape index (κ2) is 18.0. The number of carbonyl (C=O) groups excluding carboxylic acids is 1. The van der Waals surface area contributed by atoms with Gasteiger partial charge in [0, 0.05) is 12.1 Å². The van der Waals surface area contributed by atoms with Gasteiger partial charge in [-0.25, -0.2) is 0 Å². The van der Waals surface area contributed by atoms with Crippen LogP contribution >= 0.6 is 0 Å². The summed E-state index contributed by atoms with van der Waals surface area (Å²) >= 11 is 0. The molecule has 2 aromatic heterocycles. The molecule has 1 saturated heterocycles. The minimum atomic E-state index is 0. The number of pyridine rings is 2. The van der Waals surface area contributed by atoms with E-state index in [-0.39, 0.29) is 25.9 Å². The van der Waals surface area contributed by atoms with Gasteiger partial charge in [-0.1, -0.05) is 186 Å². The molecule has 0 radical (unpaired) electrons. The van der Waals surface area contributed by atoms with Gasteiger partial charge >= 0.3 is 20.1 Å². The fourth-order valence-electron chi connectivity index (χ4n) is 9.88. The van der Waals surface area contributed by atoms with Crippen LogP contribution in [0.1, 0.15) is 24.8 Å². The molecule has 320 valence electrons. The van der Waals surface area contributed by atoms with Crippen molar-refractivity contribution >= 4 is 59.9 Å². The number of fused-ring (bicyclic) bond motifs is 8. The van der Waals surface area contributed by atoms with Crippen LogP contribution in [0.4, 0.5) is 0 Å². The number of hydrogen-bond acceptors (Lipinski definition) is 3. The van der Waals surface area contributed by atoms with Gasteiger partial charge in [0.15, 0.2) is 5.78 Å². The van der Waals surface area contributed by atoms with Crippen LogP contribution in [0.3, 0.4) is 0 Å². The first-order valence-electron chi connectivity index (χ1n) is 22.8. The van der Waals surface area contributed by atoms with Crippen LogP contribution in [0.5, 0.6) is 0 Å². The summed E-state index contributed by atoms with van der Waals surface area (Å²) in [6, 6.07) is 74.0. The van der Waals surface area contributed by atoms with Crippen LogP contribution in [0.2, 0.25) is 0 Å². The Hall–Kier alpha value is -7.56. The first-order chi connectivity index (χ1) is 32.6. The minimum Gasteiger partial charge on any atom is -0.688 e. The number of carbonyl (C=O) groups is 1. The van der Waals surface area contributed by atoms with E-state index in [4.69, 9.17) is 9.97 Å². The molecule has 0 unspecified atom stereocenters. The maximum Gasteiger partial charge on any atom is 3.00 e. The number of benzene rings is 9. The fraction of sp³-hybridized carbons (Fsp3) is 0.0806. The van der Waals surface area contributed by atoms with E-state index in [9.17, 15) is 4.79 Å². The number of ketones is 1. The molecule has 0 bridgehead atoms. The summed E-state index contributed by atoms with van der Waals surface area (Å²) in [4.78, 5) is 23.5. The Morgan fingerprint density at radius 1 is 0.567 bits per heavy atom. The molecule has 0 spiro atoms. The van der Waals surface area contributed by atoms with E-state index in [0.29, 0.717) is 12.8 Å². The zero-order chi connectivity index (χ0) is 44.0. The second-order valence-corrected chi connectivity index (χ2v) is 17.2. The molecule has 0 amide bonds. The summed E-state index contributed by atoms with van der Waals surface area (Å²) in [5, 5.41) is 13.6. The Labute approximate surface area is 403 Å². The van der Waals surface area contributed by atoms with Gasteiger partial charge in [-0.2, -0.15) is 5.70 Å². The third kappa shape index (κ3) is 8.01. The van der Waals surface area contributed by atoms with E-state index in [0.717, 1.165) is 130 Å². The Morgan fingerprint density at radius 2 is 1.19 bits per heavy atom. The predicted octanol–water partition coefficient (Wildman–Crippen LogP) is 15.7. The average Bonchev–Trinajstić information content (AvgIpc) is 3.90. The molecule has 11 aromatic rings. The van der Waals surface area contributed by atoms with Crippen LogP contribution in [-0.4, -0.2) is 22.3 Å². The summed E-state index contributed by atoms with van der Waals surface area (Å²) in [6.45, 7) is 0.805. The first-order valence-corrected chi connectivity index (χ1v) is 22.8. The Balaban J connectivity index is 0.00000494. The molecule has 5 heteroatoms. The molecule has 0 N–H and O–H groups in total. The van der Waals surface area contributed by atoms with E-state index in [2.05, 4.69) is 181 Å². The van der Waals surface area contributed by atoms with Gasteiger partial charge in [0.05, 0.1) is 11.0 Å². The normalized spacial score (nSPS) is 13.1. The Kier molecular flexibility index (Phi) is 11.3. The number of nitrogens with zero attached hydrogens (tertiary/aromatic N) is 3. The van der Waals surface area contributed by atoms with Crippen LogP contribution in [-0.2, 0) is 31.3 Å². The van der Waals surface area contributed by atoms with E-state index in [1.54, 1.807) is 6.08 Å². The van der Waals surface area contributed by atoms with Crippen molar-refractivity contribution < 1.29 is 24.9 Å². The molecule has 0 atom stereocenters. The number of rotatable bonds is 9. The average molecular weight is 1040 g/mol. The minimum absolute atomic E-state index is 0. The van der Waals surface area contributed by atoms with Gasteiger partial charge in [-0.05, 0) is 85.1 Å². The molecule has 3 heterocycles. The predicted molar refractivity (Wildman–Crippen MR) is 273 cm³/mol. The molecule has 1 fully saturated rings. The topological polar surface area (TPSA) is 57.0 Å². The smallest absolute Gasteiger partial charge is 0.688 e. The van der Waals surface area contributed by atoms with Crippen LogP contribution in [0.15, 0.2) is 200 Å². The standard InChI is InChI=1S/C62H43N3O.Ir/c66-48(39-47-15-11-35-63-47)31-27-40-12-1-4-17-50(40)55-37-46(51-18-6-5-16-49(51)41-23-25-44(26-24-41)60-33-29-42-13-2-9-21-58(42)64-60)38-57-53-20-8-7-19-52(53)54-32-28-45(36-56(54)62(55)57)61-34-30-43-14-3-10-22-59(43)65-61;/h1-10,12-14,16-25,28-30,32-34,37-39H,11,15,27,31,35H2,(H,63,66);/q-2;+3/p-1. The van der Waals surface area contributed by atoms with Crippen molar-refractivity contribution in [1.82, 2.24) is 9.97 Å². The first kappa shape index (κ1) is 42.1. The van der Waals surface area contributed by atoms with Crippen molar-refractivity contribution in [3.63, 3.8) is 0 Å². The zero-order valence-electron chi connectivity index (χ0n) is 36.6. The van der Waals surface area contributed by atoms with Crippen molar-refractivity contribution in [2.75, 3.05) is 6.54 Å². The number of allylic oxidation sites excluding steroid dienone is 2. The zero-order valence-corrected chi connectivity index (χ0v) is 39.0. The number of aryl methyl sites for hydroxylation is 1. The van der Waals surface area contributed by atoms with E-state index < -0.39 is 0 Å². The van der Waals surface area contributed by atoms with E-state index in [1.165, 1.54) is 10.8 Å². The van der Waals surface area contributed by atoms with Crippen molar-refractivity contribution in [1.29, 1.82) is 0 Å². The molecule has 4 nitrogen and oxygen atoms in total. The molecule has 67 heavy (non-hydrogen) atoms. The Morgan fingerprint density at radius 3 is 1.90 bits per heavy atom. The van der Waals surface area contributed by atoms with Crippen molar-refractivity contribution in [3.8, 4) is 55.9 Å². The molecule has 0 aliphatic carbocycles. The van der Waals surface area contributed by atoms with Crippen molar-refractivity contribution in [3.05, 3.63) is 223 Å². The van der Waals surface area contributed by atoms with Crippen molar-refractivity contribution in [2.24, 2.45) is 0 Å². The summed E-state index contributed by atoms with van der Waals surface area (Å²) < 4.78 is 0. The summed E-state index contributed by atoms with van der Waals surface area (Å²) in [5.74, 6) is 0.120. The number of hydrogen-bond donors (Lipinski definition) is 0. The van der Waals surface area contributed by atoms with Gasteiger partial charge in [0.2, 0.25) is 0 Å². The van der Waals surface area contributed by atoms with Gasteiger partial charge < -0.3 is 5.32 Å². The summed E-state index contributed by atoms with van der Waals surface area (Å²) in [6.07, 6.45) is 4.67. The summed E-state index contributed by atoms with van der Waals surface area (Å²) in [7, 11) is 0. The quantitative estimate of drug-likeness (QED) is 0.0822. The molecule has 9 aromatic carbocycles. The number of aromatic nitrogens is 2. The molecular weight excluding hydrogens is 995 g/mol. The molecule has 1 aliphatic rings. The van der Waals surface area contributed by atoms with Gasteiger partial charge in [0.1, 0.15) is 0 Å². The molecular formula is C62H42IrN3O. The van der Waals surface area contributed by atoms with Crippen molar-refractivity contribution in [2.45, 2.75) is 25.7 Å². The van der Waals surface area contributed by atoms with Crippen LogP contribution in [0.25, 0.3) is 115 Å². The second-order valence-electron chi connectivity index (χ2n) is 17.2. The van der Waals surface area contributed by atoms with Crippen LogP contribution in [0, 0.1) is 12.1 Å². The van der Waals surface area contributed by atoms with E-state index in [1.807, 2.05) is 24.3 Å². The van der Waals surface area contributed by atoms with Crippen LogP contribution < -0.4 is 0 Å². The SMILES string of the molecule is O=C(/C=C1/CCC[N-]1)CCc1ccccc1-c1cc(-c2ccccc2-c2c[c-]c(-c3ccc4ccccc4n3)cc2)cc2c3ccccc3c3ccc(-c4ccc5ccccc5n4)[c-]c3c12.[Ir+3]. The monoisotopic (exact) mass is 1040 g/mol. The van der Waals surface area contributed by atoms with Gasteiger partial charge in [-0.15, -0.1) is 60.0 Å². The maximum absolute atomic E-state index is 13.4. The molecule has 1 aliphatic heterocycles.